The first-order valence-electron chi connectivity index (χ1n) is 8.29. The Morgan fingerprint density at radius 3 is 2.79 bits per heavy atom. The molecule has 0 amide bonds. The molecule has 0 bridgehead atoms. The number of rotatable bonds is 3. The number of aryl methyl sites for hydroxylation is 1. The van der Waals surface area contributed by atoms with E-state index in [-0.39, 0.29) is 6.10 Å². The van der Waals surface area contributed by atoms with Crippen molar-refractivity contribution in [2.45, 2.75) is 32.8 Å². The second kappa shape index (κ2) is 6.14. The molecule has 1 fully saturated rings. The fraction of sp³-hybridized carbons (Fsp3) is 0.471. The van der Waals surface area contributed by atoms with Gasteiger partial charge in [0.15, 0.2) is 0 Å². The minimum absolute atomic E-state index is 0.317. The van der Waals surface area contributed by atoms with Gasteiger partial charge in [-0.05, 0) is 49.6 Å². The molecule has 0 radical (unpaired) electrons. The van der Waals surface area contributed by atoms with E-state index in [2.05, 4.69) is 27.1 Å². The zero-order chi connectivity index (χ0) is 16.7. The lowest BCUT2D eigenvalue weighted by atomic mass is 9.90. The van der Waals surface area contributed by atoms with Crippen LogP contribution in [0.25, 0.3) is 5.65 Å². The average molecular weight is 343 g/mol. The summed E-state index contributed by atoms with van der Waals surface area (Å²) in [7, 11) is 0. The second-order valence-electron chi connectivity index (χ2n) is 6.44. The molecule has 1 atom stereocenters. The van der Waals surface area contributed by atoms with Gasteiger partial charge >= 0.3 is 0 Å². The summed E-state index contributed by atoms with van der Waals surface area (Å²) in [6.07, 6.45) is 3.25. The third-order valence-corrected chi connectivity index (χ3v) is 5.98. The van der Waals surface area contributed by atoms with Crippen molar-refractivity contribution in [3.05, 3.63) is 40.0 Å². The molecule has 1 saturated heterocycles. The molecule has 4 heterocycles. The van der Waals surface area contributed by atoms with Crippen LogP contribution < -0.4 is 4.90 Å². The van der Waals surface area contributed by atoms with Crippen molar-refractivity contribution in [1.82, 2.24) is 19.8 Å². The van der Waals surface area contributed by atoms with Crippen LogP contribution in [0.15, 0.2) is 23.8 Å². The normalized spacial score (nSPS) is 17.5. The molecule has 7 heteroatoms. The SMILES string of the molecule is Cc1nn2cnnc2c(N2CCC(C(O)c3cccs3)CC2)c1C. The fourth-order valence-electron chi connectivity index (χ4n) is 3.54. The van der Waals surface area contributed by atoms with Crippen LogP contribution >= 0.6 is 11.3 Å². The summed E-state index contributed by atoms with van der Waals surface area (Å²) >= 11 is 1.64. The van der Waals surface area contributed by atoms with E-state index in [1.807, 2.05) is 24.4 Å². The maximum absolute atomic E-state index is 10.6. The minimum Gasteiger partial charge on any atom is -0.387 e. The summed E-state index contributed by atoms with van der Waals surface area (Å²) in [6, 6.07) is 4.03. The number of aliphatic hydroxyl groups is 1. The number of aromatic nitrogens is 4. The first-order chi connectivity index (χ1) is 11.6. The molecule has 1 aliphatic rings. The van der Waals surface area contributed by atoms with Gasteiger partial charge in [-0.15, -0.1) is 21.5 Å². The predicted molar refractivity (Wildman–Crippen MR) is 94.5 cm³/mol. The summed E-state index contributed by atoms with van der Waals surface area (Å²) in [5.41, 5.74) is 4.10. The van der Waals surface area contributed by atoms with Gasteiger partial charge in [0.2, 0.25) is 5.65 Å². The third-order valence-electron chi connectivity index (χ3n) is 5.03. The van der Waals surface area contributed by atoms with Gasteiger partial charge in [0.1, 0.15) is 6.33 Å². The van der Waals surface area contributed by atoms with Crippen molar-refractivity contribution >= 4 is 22.7 Å². The number of piperidine rings is 1. The van der Waals surface area contributed by atoms with E-state index in [0.717, 1.165) is 53.4 Å². The highest BCUT2D eigenvalue weighted by molar-refractivity contribution is 7.10. The molecule has 1 unspecified atom stereocenters. The molecule has 1 aliphatic heterocycles. The number of anilines is 1. The Balaban J connectivity index is 1.56. The van der Waals surface area contributed by atoms with E-state index >= 15 is 0 Å². The number of fused-ring (bicyclic) bond motifs is 1. The van der Waals surface area contributed by atoms with Crippen LogP contribution in [-0.4, -0.2) is 38.0 Å². The lowest BCUT2D eigenvalue weighted by Crippen LogP contribution is -2.36. The molecule has 0 aromatic carbocycles. The van der Waals surface area contributed by atoms with Gasteiger partial charge in [-0.3, -0.25) is 0 Å². The van der Waals surface area contributed by atoms with Crippen molar-refractivity contribution in [3.63, 3.8) is 0 Å². The number of hydrogen-bond acceptors (Lipinski definition) is 6. The van der Waals surface area contributed by atoms with Crippen molar-refractivity contribution in [3.8, 4) is 0 Å². The van der Waals surface area contributed by atoms with Gasteiger partial charge < -0.3 is 10.0 Å². The molecule has 24 heavy (non-hydrogen) atoms. The Kier molecular flexibility index (Phi) is 3.97. The molecular weight excluding hydrogens is 322 g/mol. The van der Waals surface area contributed by atoms with Crippen molar-refractivity contribution < 1.29 is 5.11 Å². The Labute approximate surface area is 144 Å². The highest BCUT2D eigenvalue weighted by Gasteiger charge is 2.29. The van der Waals surface area contributed by atoms with Crippen LogP contribution in [0.2, 0.25) is 0 Å². The molecule has 0 aliphatic carbocycles. The average Bonchev–Trinajstić information content (AvgIpc) is 3.27. The highest BCUT2D eigenvalue weighted by Crippen LogP contribution is 2.36. The van der Waals surface area contributed by atoms with Crippen molar-refractivity contribution in [1.29, 1.82) is 0 Å². The second-order valence-corrected chi connectivity index (χ2v) is 7.42. The summed E-state index contributed by atoms with van der Waals surface area (Å²) in [4.78, 5) is 3.44. The van der Waals surface area contributed by atoms with Gasteiger partial charge in [0, 0.05) is 18.0 Å². The van der Waals surface area contributed by atoms with Crippen LogP contribution in [0.1, 0.15) is 35.1 Å². The Morgan fingerprint density at radius 2 is 2.08 bits per heavy atom. The van der Waals surface area contributed by atoms with E-state index in [9.17, 15) is 5.11 Å². The largest absolute Gasteiger partial charge is 0.387 e. The molecule has 126 valence electrons. The zero-order valence-corrected chi connectivity index (χ0v) is 14.7. The molecule has 1 N–H and O–H groups in total. The van der Waals surface area contributed by atoms with Crippen LogP contribution in [0.4, 0.5) is 5.69 Å². The molecule has 3 aromatic rings. The van der Waals surface area contributed by atoms with E-state index in [0.29, 0.717) is 5.92 Å². The van der Waals surface area contributed by atoms with Crippen LogP contribution in [0, 0.1) is 19.8 Å². The van der Waals surface area contributed by atoms with Crippen LogP contribution in [0.5, 0.6) is 0 Å². The number of aliphatic hydroxyl groups excluding tert-OH is 1. The molecule has 0 spiro atoms. The van der Waals surface area contributed by atoms with Crippen LogP contribution in [0.3, 0.4) is 0 Å². The van der Waals surface area contributed by atoms with Gasteiger partial charge in [-0.1, -0.05) is 6.07 Å². The molecule has 3 aromatic heterocycles. The molecular formula is C17H21N5OS. The number of nitrogens with zero attached hydrogens (tertiary/aromatic N) is 5. The van der Waals surface area contributed by atoms with E-state index in [1.165, 1.54) is 0 Å². The quantitative estimate of drug-likeness (QED) is 0.792. The maximum atomic E-state index is 10.6. The fourth-order valence-corrected chi connectivity index (χ4v) is 4.35. The third kappa shape index (κ3) is 2.57. The first kappa shape index (κ1) is 15.5. The molecule has 4 rings (SSSR count). The van der Waals surface area contributed by atoms with E-state index < -0.39 is 0 Å². The van der Waals surface area contributed by atoms with Crippen molar-refractivity contribution in [2.24, 2.45) is 5.92 Å². The van der Waals surface area contributed by atoms with Gasteiger partial charge in [-0.2, -0.15) is 9.61 Å². The van der Waals surface area contributed by atoms with Gasteiger partial charge in [-0.25, -0.2) is 0 Å². The van der Waals surface area contributed by atoms with Gasteiger partial charge in [0.05, 0.1) is 17.5 Å². The monoisotopic (exact) mass is 343 g/mol. The maximum Gasteiger partial charge on any atom is 0.201 e. The topological polar surface area (TPSA) is 66.5 Å². The summed E-state index contributed by atoms with van der Waals surface area (Å²) in [6.45, 7) is 5.95. The predicted octanol–water partition coefficient (Wildman–Crippen LogP) is 2.75. The molecule has 0 saturated carbocycles. The Morgan fingerprint density at radius 1 is 1.29 bits per heavy atom. The lowest BCUT2D eigenvalue weighted by Gasteiger charge is -2.36. The zero-order valence-electron chi connectivity index (χ0n) is 13.9. The lowest BCUT2D eigenvalue weighted by molar-refractivity contribution is 0.0962. The first-order valence-corrected chi connectivity index (χ1v) is 9.16. The molecule has 6 nitrogen and oxygen atoms in total. The van der Waals surface area contributed by atoms with Crippen molar-refractivity contribution in [2.75, 3.05) is 18.0 Å². The number of thiophene rings is 1. The van der Waals surface area contributed by atoms with Gasteiger partial charge in [0.25, 0.3) is 0 Å². The summed E-state index contributed by atoms with van der Waals surface area (Å²) in [5, 5.41) is 25.4. The number of hydrogen-bond donors (Lipinski definition) is 1. The standard InChI is InChI=1S/C17H21N5OS/c1-11-12(2)20-22-10-18-19-17(22)15(11)21-7-5-13(6-8-21)16(23)14-4-3-9-24-14/h3-4,9-10,13,16,23H,5-8H2,1-2H3. The van der Waals surface area contributed by atoms with E-state index in [4.69, 9.17) is 0 Å². The van der Waals surface area contributed by atoms with Crippen LogP contribution in [-0.2, 0) is 0 Å². The smallest absolute Gasteiger partial charge is 0.201 e. The summed E-state index contributed by atoms with van der Waals surface area (Å²) < 4.78 is 1.75. The minimum atomic E-state index is -0.347. The Bertz CT molecular complexity index is 836. The summed E-state index contributed by atoms with van der Waals surface area (Å²) in [5.74, 6) is 0.317. The highest BCUT2D eigenvalue weighted by atomic mass is 32.1. The Hall–Kier alpha value is -1.99. The van der Waals surface area contributed by atoms with E-state index in [1.54, 1.807) is 22.2 Å².